The van der Waals surface area contributed by atoms with Gasteiger partial charge in [-0.25, -0.2) is 4.40 Å². The van der Waals surface area contributed by atoms with Gasteiger partial charge in [0.2, 0.25) is 0 Å². The highest BCUT2D eigenvalue weighted by Crippen LogP contribution is 2.28. The molecule has 0 unspecified atom stereocenters. The minimum absolute atomic E-state index is 0.712. The Hall–Kier alpha value is -1.48. The fourth-order valence-electron chi connectivity index (χ4n) is 1.38. The number of hydrogen-bond donors (Lipinski definition) is 1. The SMILES string of the molecule is C=CCC1=NSc2ccccc2C=C1N. The summed E-state index contributed by atoms with van der Waals surface area (Å²) in [7, 11) is 0. The van der Waals surface area contributed by atoms with Gasteiger partial charge >= 0.3 is 0 Å². The van der Waals surface area contributed by atoms with Crippen LogP contribution in [0.1, 0.15) is 12.0 Å². The van der Waals surface area contributed by atoms with Crippen LogP contribution in [0.5, 0.6) is 0 Å². The van der Waals surface area contributed by atoms with Crippen molar-refractivity contribution >= 4 is 23.7 Å². The summed E-state index contributed by atoms with van der Waals surface area (Å²) in [6, 6.07) is 8.09. The van der Waals surface area contributed by atoms with Crippen LogP contribution in [-0.4, -0.2) is 5.71 Å². The lowest BCUT2D eigenvalue weighted by atomic mass is 10.1. The van der Waals surface area contributed by atoms with Gasteiger partial charge in [0.25, 0.3) is 0 Å². The van der Waals surface area contributed by atoms with E-state index in [1.165, 1.54) is 11.9 Å². The summed E-state index contributed by atoms with van der Waals surface area (Å²) < 4.78 is 4.40. The van der Waals surface area contributed by atoms with Gasteiger partial charge in [-0.15, -0.1) is 6.58 Å². The van der Waals surface area contributed by atoms with Crippen molar-refractivity contribution in [1.29, 1.82) is 0 Å². The molecule has 0 saturated carbocycles. The number of nitrogens with zero attached hydrogens (tertiary/aromatic N) is 1. The molecule has 1 heterocycles. The summed E-state index contributed by atoms with van der Waals surface area (Å²) in [5.41, 5.74) is 8.70. The van der Waals surface area contributed by atoms with Crippen molar-refractivity contribution in [2.75, 3.05) is 0 Å². The Morgan fingerprint density at radius 3 is 3.00 bits per heavy atom. The fourth-order valence-corrected chi connectivity index (χ4v) is 2.14. The van der Waals surface area contributed by atoms with E-state index in [2.05, 4.69) is 11.0 Å². The monoisotopic (exact) mass is 216 g/mol. The number of rotatable bonds is 2. The molecule has 2 nitrogen and oxygen atoms in total. The molecular weight excluding hydrogens is 204 g/mol. The van der Waals surface area contributed by atoms with Gasteiger partial charge in [0.15, 0.2) is 0 Å². The topological polar surface area (TPSA) is 38.4 Å². The third kappa shape index (κ3) is 2.13. The van der Waals surface area contributed by atoms with Crippen LogP contribution in [0.4, 0.5) is 0 Å². The maximum atomic E-state index is 5.95. The predicted octanol–water partition coefficient (Wildman–Crippen LogP) is 3.02. The molecule has 0 aliphatic carbocycles. The zero-order chi connectivity index (χ0) is 10.7. The second-order valence-electron chi connectivity index (χ2n) is 3.26. The molecule has 0 aromatic heterocycles. The Balaban J connectivity index is 2.41. The van der Waals surface area contributed by atoms with E-state index in [0.717, 1.165) is 21.9 Å². The van der Waals surface area contributed by atoms with Crippen molar-refractivity contribution in [3.05, 3.63) is 48.2 Å². The van der Waals surface area contributed by atoms with Crippen molar-refractivity contribution in [1.82, 2.24) is 0 Å². The normalized spacial score (nSPS) is 14.7. The lowest BCUT2D eigenvalue weighted by molar-refractivity contribution is 1.39. The molecule has 0 radical (unpaired) electrons. The summed E-state index contributed by atoms with van der Waals surface area (Å²) in [5, 5.41) is 0. The number of benzene rings is 1. The molecule has 0 fully saturated rings. The van der Waals surface area contributed by atoms with E-state index < -0.39 is 0 Å². The van der Waals surface area contributed by atoms with Crippen molar-refractivity contribution in [3.63, 3.8) is 0 Å². The maximum absolute atomic E-state index is 5.95. The van der Waals surface area contributed by atoms with Crippen LogP contribution >= 0.6 is 11.9 Å². The highest BCUT2D eigenvalue weighted by molar-refractivity contribution is 7.98. The highest BCUT2D eigenvalue weighted by atomic mass is 32.2. The Morgan fingerprint density at radius 1 is 1.40 bits per heavy atom. The predicted molar refractivity (Wildman–Crippen MR) is 66.7 cm³/mol. The number of hydrogen-bond acceptors (Lipinski definition) is 3. The van der Waals surface area contributed by atoms with Crippen molar-refractivity contribution in [3.8, 4) is 0 Å². The zero-order valence-electron chi connectivity index (χ0n) is 8.31. The molecule has 0 bridgehead atoms. The van der Waals surface area contributed by atoms with Crippen LogP contribution < -0.4 is 5.73 Å². The van der Waals surface area contributed by atoms with Crippen LogP contribution in [0.15, 0.2) is 51.9 Å². The smallest absolute Gasteiger partial charge is 0.0757 e. The second kappa shape index (κ2) is 4.36. The zero-order valence-corrected chi connectivity index (χ0v) is 9.13. The Morgan fingerprint density at radius 2 is 2.20 bits per heavy atom. The summed E-state index contributed by atoms with van der Waals surface area (Å²) in [4.78, 5) is 1.14. The molecule has 15 heavy (non-hydrogen) atoms. The minimum Gasteiger partial charge on any atom is -0.397 e. The number of allylic oxidation sites excluding steroid dienone is 2. The summed E-state index contributed by atoms with van der Waals surface area (Å²) >= 11 is 1.47. The Kier molecular flexibility index (Phi) is 2.92. The van der Waals surface area contributed by atoms with E-state index in [1.807, 2.05) is 36.4 Å². The lowest BCUT2D eigenvalue weighted by Gasteiger charge is -1.99. The quantitative estimate of drug-likeness (QED) is 0.609. The van der Waals surface area contributed by atoms with Crippen molar-refractivity contribution in [2.24, 2.45) is 10.1 Å². The van der Waals surface area contributed by atoms with E-state index in [0.29, 0.717) is 6.42 Å². The first kappa shape index (κ1) is 10.1. The van der Waals surface area contributed by atoms with Gasteiger partial charge in [-0.05, 0) is 17.7 Å². The molecule has 1 aromatic carbocycles. The summed E-state index contributed by atoms with van der Waals surface area (Å²) in [6.45, 7) is 3.70. The molecule has 0 amide bonds. The first-order valence-corrected chi connectivity index (χ1v) is 5.50. The standard InChI is InChI=1S/C12H12N2S/c1-2-5-11-10(13)8-9-6-3-4-7-12(9)15-14-11/h2-4,6-8H,1,5,13H2. The average molecular weight is 216 g/mol. The van der Waals surface area contributed by atoms with E-state index in [-0.39, 0.29) is 0 Å². The number of fused-ring (bicyclic) bond motifs is 1. The van der Waals surface area contributed by atoms with E-state index in [4.69, 9.17) is 5.73 Å². The minimum atomic E-state index is 0.712. The van der Waals surface area contributed by atoms with Gasteiger partial charge in [-0.3, -0.25) is 0 Å². The largest absolute Gasteiger partial charge is 0.397 e. The molecule has 2 N–H and O–H groups in total. The van der Waals surface area contributed by atoms with Crippen LogP contribution in [0, 0.1) is 0 Å². The van der Waals surface area contributed by atoms with Crippen molar-refractivity contribution in [2.45, 2.75) is 11.3 Å². The second-order valence-corrected chi connectivity index (χ2v) is 4.06. The van der Waals surface area contributed by atoms with Crippen LogP contribution in [0.2, 0.25) is 0 Å². The average Bonchev–Trinajstić information content (AvgIpc) is 2.40. The Bertz CT molecular complexity index is 447. The van der Waals surface area contributed by atoms with E-state index >= 15 is 0 Å². The summed E-state index contributed by atoms with van der Waals surface area (Å²) in [5.74, 6) is 0. The van der Waals surface area contributed by atoms with Crippen LogP contribution in [0.3, 0.4) is 0 Å². The van der Waals surface area contributed by atoms with Gasteiger partial charge < -0.3 is 5.73 Å². The summed E-state index contributed by atoms with van der Waals surface area (Å²) in [6.07, 6.45) is 4.50. The number of nitrogens with two attached hydrogens (primary N) is 1. The molecule has 2 rings (SSSR count). The molecule has 3 heteroatoms. The molecule has 0 spiro atoms. The van der Waals surface area contributed by atoms with Gasteiger partial charge in [-0.2, -0.15) is 0 Å². The third-order valence-corrected chi connectivity index (χ3v) is 3.04. The molecule has 1 aliphatic rings. The first-order chi connectivity index (χ1) is 7.31. The first-order valence-electron chi connectivity index (χ1n) is 4.72. The maximum Gasteiger partial charge on any atom is 0.0757 e. The van der Waals surface area contributed by atoms with Gasteiger partial charge in [0.1, 0.15) is 0 Å². The van der Waals surface area contributed by atoms with E-state index in [1.54, 1.807) is 0 Å². The fraction of sp³-hybridized carbons (Fsp3) is 0.0833. The molecule has 0 saturated heterocycles. The van der Waals surface area contributed by atoms with Crippen LogP contribution in [-0.2, 0) is 0 Å². The molecule has 76 valence electrons. The van der Waals surface area contributed by atoms with Crippen LogP contribution in [0.25, 0.3) is 6.08 Å². The van der Waals surface area contributed by atoms with E-state index in [9.17, 15) is 0 Å². The van der Waals surface area contributed by atoms with Gasteiger partial charge in [0, 0.05) is 23.3 Å². The third-order valence-electron chi connectivity index (χ3n) is 2.16. The Labute approximate surface area is 93.7 Å². The van der Waals surface area contributed by atoms with Gasteiger partial charge in [-0.1, -0.05) is 24.3 Å². The van der Waals surface area contributed by atoms with Crippen molar-refractivity contribution < 1.29 is 0 Å². The molecule has 1 aromatic rings. The highest BCUT2D eigenvalue weighted by Gasteiger charge is 2.09. The lowest BCUT2D eigenvalue weighted by Crippen LogP contribution is -2.09. The molecular formula is C12H12N2S. The van der Waals surface area contributed by atoms with Gasteiger partial charge in [0.05, 0.1) is 11.4 Å². The molecule has 0 atom stereocenters. The molecule has 1 aliphatic heterocycles.